The number of fused-ring (bicyclic) bond motifs is 1. The first-order chi connectivity index (χ1) is 9.24. The standard InChI is InChI=1S/C14H16N2O3/c1-19-9-3-7-15-13-11-4-2-5-12(14(17)18)10(11)6-8-16-13/h2,4-6,8H,3,7,9H2,1H3,(H,15,16)(H,17,18). The predicted octanol–water partition coefficient (Wildman–Crippen LogP) is 2.38. The Labute approximate surface area is 111 Å². The molecule has 0 aliphatic rings. The molecule has 5 nitrogen and oxygen atoms in total. The molecule has 2 aromatic rings. The van der Waals surface area contributed by atoms with Crippen molar-refractivity contribution in [2.24, 2.45) is 0 Å². The van der Waals surface area contributed by atoms with E-state index in [0.29, 0.717) is 23.4 Å². The number of carbonyl (C=O) groups is 1. The quantitative estimate of drug-likeness (QED) is 0.780. The minimum Gasteiger partial charge on any atom is -0.478 e. The monoisotopic (exact) mass is 260 g/mol. The molecule has 19 heavy (non-hydrogen) atoms. The van der Waals surface area contributed by atoms with Gasteiger partial charge in [0.05, 0.1) is 5.56 Å². The van der Waals surface area contributed by atoms with Gasteiger partial charge in [0.25, 0.3) is 0 Å². The van der Waals surface area contributed by atoms with Crippen LogP contribution >= 0.6 is 0 Å². The van der Waals surface area contributed by atoms with Gasteiger partial charge in [0.15, 0.2) is 0 Å². The van der Waals surface area contributed by atoms with E-state index in [9.17, 15) is 4.79 Å². The van der Waals surface area contributed by atoms with E-state index in [0.717, 1.165) is 18.4 Å². The zero-order chi connectivity index (χ0) is 13.7. The normalized spacial score (nSPS) is 10.6. The Hall–Kier alpha value is -2.14. The number of anilines is 1. The van der Waals surface area contributed by atoms with Crippen LogP contribution in [0.1, 0.15) is 16.8 Å². The summed E-state index contributed by atoms with van der Waals surface area (Å²) in [6.07, 6.45) is 2.49. The van der Waals surface area contributed by atoms with Crippen molar-refractivity contribution in [1.82, 2.24) is 4.98 Å². The van der Waals surface area contributed by atoms with E-state index in [1.807, 2.05) is 6.07 Å². The Morgan fingerprint density at radius 1 is 1.37 bits per heavy atom. The van der Waals surface area contributed by atoms with E-state index in [1.165, 1.54) is 0 Å². The van der Waals surface area contributed by atoms with Gasteiger partial charge in [0.2, 0.25) is 0 Å². The summed E-state index contributed by atoms with van der Waals surface area (Å²) < 4.78 is 4.98. The summed E-state index contributed by atoms with van der Waals surface area (Å²) in [5.74, 6) is -0.223. The lowest BCUT2D eigenvalue weighted by molar-refractivity contribution is 0.0699. The summed E-state index contributed by atoms with van der Waals surface area (Å²) in [6, 6.07) is 6.92. The summed E-state index contributed by atoms with van der Waals surface area (Å²) in [5.41, 5.74) is 0.292. The zero-order valence-corrected chi connectivity index (χ0v) is 10.7. The van der Waals surface area contributed by atoms with Crippen LogP contribution in [0.4, 0.5) is 5.82 Å². The molecule has 5 heteroatoms. The molecular formula is C14H16N2O3. The van der Waals surface area contributed by atoms with E-state index >= 15 is 0 Å². The lowest BCUT2D eigenvalue weighted by atomic mass is 10.1. The van der Waals surface area contributed by atoms with Gasteiger partial charge in [-0.1, -0.05) is 12.1 Å². The molecule has 0 amide bonds. The van der Waals surface area contributed by atoms with Crippen LogP contribution in [0, 0.1) is 0 Å². The molecule has 0 atom stereocenters. The van der Waals surface area contributed by atoms with E-state index in [1.54, 1.807) is 31.5 Å². The van der Waals surface area contributed by atoms with Crippen molar-refractivity contribution in [2.75, 3.05) is 25.6 Å². The van der Waals surface area contributed by atoms with E-state index in [2.05, 4.69) is 10.3 Å². The molecule has 2 N–H and O–H groups in total. The molecule has 2 rings (SSSR count). The van der Waals surface area contributed by atoms with E-state index in [4.69, 9.17) is 9.84 Å². The molecule has 100 valence electrons. The Balaban J connectivity index is 2.30. The number of aromatic carboxylic acids is 1. The SMILES string of the molecule is COCCCNc1nccc2c(C(=O)O)cccc12. The first kappa shape index (κ1) is 13.3. The lowest BCUT2D eigenvalue weighted by Gasteiger charge is -2.09. The third-order valence-corrected chi connectivity index (χ3v) is 2.85. The van der Waals surface area contributed by atoms with Gasteiger partial charge in [-0.3, -0.25) is 0 Å². The second kappa shape index (κ2) is 6.15. The summed E-state index contributed by atoms with van der Waals surface area (Å²) in [6.45, 7) is 1.41. The maximum absolute atomic E-state index is 11.2. The predicted molar refractivity (Wildman–Crippen MR) is 73.7 cm³/mol. The summed E-state index contributed by atoms with van der Waals surface area (Å²) in [5, 5.41) is 13.9. The summed E-state index contributed by atoms with van der Waals surface area (Å²) >= 11 is 0. The molecule has 0 fully saturated rings. The van der Waals surface area contributed by atoms with Crippen LogP contribution < -0.4 is 5.32 Å². The fraction of sp³-hybridized carbons (Fsp3) is 0.286. The third-order valence-electron chi connectivity index (χ3n) is 2.85. The number of nitrogens with one attached hydrogen (secondary N) is 1. The highest BCUT2D eigenvalue weighted by Gasteiger charge is 2.10. The van der Waals surface area contributed by atoms with Gasteiger partial charge in [-0.15, -0.1) is 0 Å². The highest BCUT2D eigenvalue weighted by atomic mass is 16.5. The maximum atomic E-state index is 11.2. The first-order valence-electron chi connectivity index (χ1n) is 6.08. The molecule has 0 saturated heterocycles. The Morgan fingerprint density at radius 2 is 2.21 bits per heavy atom. The van der Waals surface area contributed by atoms with Crippen molar-refractivity contribution >= 4 is 22.6 Å². The molecule has 0 aliphatic carbocycles. The topological polar surface area (TPSA) is 71.5 Å². The molecule has 0 spiro atoms. The van der Waals surface area contributed by atoms with Gasteiger partial charge >= 0.3 is 5.97 Å². The molecule has 0 saturated carbocycles. The molecule has 0 unspecified atom stereocenters. The third kappa shape index (κ3) is 3.00. The van der Waals surface area contributed by atoms with Crippen molar-refractivity contribution in [2.45, 2.75) is 6.42 Å². The van der Waals surface area contributed by atoms with Crippen LogP contribution in [-0.4, -0.2) is 36.3 Å². The van der Waals surface area contributed by atoms with Crippen molar-refractivity contribution in [3.63, 3.8) is 0 Å². The molecule has 1 aromatic heterocycles. The van der Waals surface area contributed by atoms with Crippen LogP contribution in [0.25, 0.3) is 10.8 Å². The lowest BCUT2D eigenvalue weighted by Crippen LogP contribution is -2.07. The number of methoxy groups -OCH3 is 1. The Morgan fingerprint density at radius 3 is 2.95 bits per heavy atom. The van der Waals surface area contributed by atoms with Crippen molar-refractivity contribution < 1.29 is 14.6 Å². The van der Waals surface area contributed by atoms with E-state index < -0.39 is 5.97 Å². The molecule has 0 radical (unpaired) electrons. The number of ether oxygens (including phenoxy) is 1. The first-order valence-corrected chi connectivity index (χ1v) is 6.08. The number of hydrogen-bond donors (Lipinski definition) is 2. The number of nitrogens with zero attached hydrogens (tertiary/aromatic N) is 1. The Kier molecular flexibility index (Phi) is 4.30. The van der Waals surface area contributed by atoms with Crippen molar-refractivity contribution in [3.05, 3.63) is 36.0 Å². The molecule has 1 aromatic carbocycles. The molecule has 0 bridgehead atoms. The number of rotatable bonds is 6. The van der Waals surface area contributed by atoms with Gasteiger partial charge in [-0.25, -0.2) is 9.78 Å². The average molecular weight is 260 g/mol. The highest BCUT2D eigenvalue weighted by molar-refractivity contribution is 6.06. The number of carboxylic acids is 1. The van der Waals surface area contributed by atoms with Crippen LogP contribution in [0.2, 0.25) is 0 Å². The maximum Gasteiger partial charge on any atom is 0.336 e. The van der Waals surface area contributed by atoms with Crippen LogP contribution in [0.5, 0.6) is 0 Å². The number of aromatic nitrogens is 1. The highest BCUT2D eigenvalue weighted by Crippen LogP contribution is 2.24. The van der Waals surface area contributed by atoms with Gasteiger partial charge in [-0.2, -0.15) is 0 Å². The van der Waals surface area contributed by atoms with E-state index in [-0.39, 0.29) is 0 Å². The van der Waals surface area contributed by atoms with Crippen LogP contribution in [0.15, 0.2) is 30.5 Å². The second-order valence-electron chi connectivity index (χ2n) is 4.14. The smallest absolute Gasteiger partial charge is 0.336 e. The van der Waals surface area contributed by atoms with Gasteiger partial charge in [0, 0.05) is 37.2 Å². The minimum atomic E-state index is -0.929. The van der Waals surface area contributed by atoms with Gasteiger partial charge < -0.3 is 15.2 Å². The fourth-order valence-electron chi connectivity index (χ4n) is 1.96. The van der Waals surface area contributed by atoms with Crippen molar-refractivity contribution in [1.29, 1.82) is 0 Å². The summed E-state index contributed by atoms with van der Waals surface area (Å²) in [7, 11) is 1.66. The number of hydrogen-bond acceptors (Lipinski definition) is 4. The number of benzene rings is 1. The largest absolute Gasteiger partial charge is 0.478 e. The number of pyridine rings is 1. The molecule has 0 aliphatic heterocycles. The van der Waals surface area contributed by atoms with Gasteiger partial charge in [-0.05, 0) is 18.6 Å². The zero-order valence-electron chi connectivity index (χ0n) is 10.7. The fourth-order valence-corrected chi connectivity index (χ4v) is 1.96. The van der Waals surface area contributed by atoms with Gasteiger partial charge in [0.1, 0.15) is 5.82 Å². The van der Waals surface area contributed by atoms with Crippen molar-refractivity contribution in [3.8, 4) is 0 Å². The minimum absolute atomic E-state index is 0.292. The Bertz CT molecular complexity index is 584. The number of carboxylic acid groups (broad SMARTS) is 1. The average Bonchev–Trinajstić information content (AvgIpc) is 2.43. The van der Waals surface area contributed by atoms with Crippen LogP contribution in [-0.2, 0) is 4.74 Å². The summed E-state index contributed by atoms with van der Waals surface area (Å²) in [4.78, 5) is 15.4. The molecular weight excluding hydrogens is 244 g/mol. The van der Waals surface area contributed by atoms with Crippen LogP contribution in [0.3, 0.4) is 0 Å². The second-order valence-corrected chi connectivity index (χ2v) is 4.14. The molecule has 1 heterocycles.